The van der Waals surface area contributed by atoms with Crippen LogP contribution in [-0.4, -0.2) is 11.2 Å². The van der Waals surface area contributed by atoms with E-state index < -0.39 is 6.18 Å². The molecule has 0 aromatic carbocycles. The van der Waals surface area contributed by atoms with Crippen molar-refractivity contribution in [3.63, 3.8) is 0 Å². The van der Waals surface area contributed by atoms with E-state index in [1.54, 1.807) is 12.1 Å². The van der Waals surface area contributed by atoms with E-state index in [1.807, 2.05) is 0 Å². The Kier molecular flexibility index (Phi) is 2.47. The van der Waals surface area contributed by atoms with E-state index in [4.69, 9.17) is 0 Å². The van der Waals surface area contributed by atoms with Crippen molar-refractivity contribution < 1.29 is 13.2 Å². The number of aromatic nitrogens is 1. The van der Waals surface area contributed by atoms with Gasteiger partial charge in [-0.2, -0.15) is 13.2 Å². The Bertz CT molecular complexity index is 263. The molecule has 1 aromatic heterocycles. The highest BCUT2D eigenvalue weighted by molar-refractivity contribution is 5.47. The van der Waals surface area contributed by atoms with E-state index in [2.05, 4.69) is 4.98 Å². The molecule has 0 atom stereocenters. The second-order valence-electron chi connectivity index (χ2n) is 2.16. The summed E-state index contributed by atoms with van der Waals surface area (Å²) < 4.78 is 34.9. The number of alkyl halides is 3. The van der Waals surface area contributed by atoms with Crippen LogP contribution in [0.1, 0.15) is 5.56 Å². The summed E-state index contributed by atoms with van der Waals surface area (Å²) in [6, 6.07) is 3.13. The zero-order chi connectivity index (χ0) is 9.03. The quantitative estimate of drug-likeness (QED) is 0.636. The maximum atomic E-state index is 11.6. The molecule has 4 heteroatoms. The van der Waals surface area contributed by atoms with Gasteiger partial charge in [-0.25, -0.2) is 0 Å². The fourth-order valence-corrected chi connectivity index (χ4v) is 0.665. The molecule has 1 aromatic rings. The van der Waals surface area contributed by atoms with Gasteiger partial charge < -0.3 is 0 Å². The highest BCUT2D eigenvalue weighted by Crippen LogP contribution is 2.17. The van der Waals surface area contributed by atoms with Gasteiger partial charge in [0.15, 0.2) is 0 Å². The van der Waals surface area contributed by atoms with Gasteiger partial charge in [0.1, 0.15) is 0 Å². The lowest BCUT2D eigenvalue weighted by Gasteiger charge is -1.96. The molecule has 0 saturated heterocycles. The summed E-state index contributed by atoms with van der Waals surface area (Å²) in [5.74, 6) is 0. The third kappa shape index (κ3) is 3.18. The molecule has 0 radical (unpaired) electrons. The van der Waals surface area contributed by atoms with Crippen molar-refractivity contribution in [2.75, 3.05) is 0 Å². The van der Waals surface area contributed by atoms with Crippen molar-refractivity contribution in [1.82, 2.24) is 4.98 Å². The molecule has 0 saturated carbocycles. The zero-order valence-corrected chi connectivity index (χ0v) is 6.05. The van der Waals surface area contributed by atoms with Crippen LogP contribution in [-0.2, 0) is 0 Å². The van der Waals surface area contributed by atoms with E-state index in [9.17, 15) is 13.2 Å². The summed E-state index contributed by atoms with van der Waals surface area (Å²) in [6.45, 7) is 0. The topological polar surface area (TPSA) is 12.9 Å². The maximum absolute atomic E-state index is 11.6. The number of pyridine rings is 1. The molecule has 0 bridgehead atoms. The Balaban J connectivity index is 2.71. The second-order valence-corrected chi connectivity index (χ2v) is 2.16. The number of nitrogens with zero attached hydrogens (tertiary/aromatic N) is 1. The number of allylic oxidation sites excluding steroid dienone is 1. The maximum Gasteiger partial charge on any atom is 0.409 e. The fraction of sp³-hybridized carbons (Fsp3) is 0.125. The van der Waals surface area contributed by atoms with Crippen LogP contribution < -0.4 is 0 Å². The molecule has 0 aliphatic rings. The minimum atomic E-state index is -4.25. The Labute approximate surface area is 67.6 Å². The molecule has 12 heavy (non-hydrogen) atoms. The predicted octanol–water partition coefficient (Wildman–Crippen LogP) is 2.66. The minimum Gasteiger partial charge on any atom is -0.264 e. The lowest BCUT2D eigenvalue weighted by atomic mass is 10.2. The summed E-state index contributed by atoms with van der Waals surface area (Å²) in [6.07, 6.45) is -0.222. The molecule has 0 N–H and O–H groups in total. The van der Waals surface area contributed by atoms with Gasteiger partial charge in [0, 0.05) is 18.5 Å². The van der Waals surface area contributed by atoms with E-state index in [1.165, 1.54) is 12.4 Å². The number of rotatable bonds is 1. The smallest absolute Gasteiger partial charge is 0.264 e. The van der Waals surface area contributed by atoms with Crippen LogP contribution in [0.5, 0.6) is 0 Å². The average Bonchev–Trinajstić information content (AvgIpc) is 2.02. The molecule has 1 heterocycles. The van der Waals surface area contributed by atoms with E-state index in [0.29, 0.717) is 5.56 Å². The first-order valence-corrected chi connectivity index (χ1v) is 3.24. The van der Waals surface area contributed by atoms with Crippen LogP contribution in [0.4, 0.5) is 13.2 Å². The molecule has 0 aliphatic carbocycles. The van der Waals surface area contributed by atoms with Crippen LogP contribution in [0.25, 0.3) is 6.08 Å². The summed E-state index contributed by atoms with van der Waals surface area (Å²) in [5.41, 5.74) is 0.440. The van der Waals surface area contributed by atoms with Crippen molar-refractivity contribution >= 4 is 6.08 Å². The SMILES string of the molecule is FC(F)(F)C=Cc1cccnc1. The van der Waals surface area contributed by atoms with Crippen LogP contribution >= 0.6 is 0 Å². The van der Waals surface area contributed by atoms with E-state index >= 15 is 0 Å². The lowest BCUT2D eigenvalue weighted by Crippen LogP contribution is -2.00. The Hall–Kier alpha value is -1.32. The van der Waals surface area contributed by atoms with Crippen molar-refractivity contribution in [2.45, 2.75) is 6.18 Å². The van der Waals surface area contributed by atoms with Crippen molar-refractivity contribution in [3.05, 3.63) is 36.2 Å². The van der Waals surface area contributed by atoms with Gasteiger partial charge in [-0.05, 0) is 17.7 Å². The van der Waals surface area contributed by atoms with Crippen molar-refractivity contribution in [3.8, 4) is 0 Å². The largest absolute Gasteiger partial charge is 0.409 e. The van der Waals surface area contributed by atoms with Crippen LogP contribution in [0.3, 0.4) is 0 Å². The minimum absolute atomic E-state index is 0.185. The van der Waals surface area contributed by atoms with Crippen molar-refractivity contribution in [1.29, 1.82) is 0 Å². The number of hydrogen-bond donors (Lipinski definition) is 0. The molecular formula is C8H6F3N. The second kappa shape index (κ2) is 3.38. The monoisotopic (exact) mass is 173 g/mol. The first-order valence-electron chi connectivity index (χ1n) is 3.24. The van der Waals surface area contributed by atoms with Gasteiger partial charge in [0.25, 0.3) is 0 Å². The van der Waals surface area contributed by atoms with E-state index in [0.717, 1.165) is 6.08 Å². The van der Waals surface area contributed by atoms with Crippen molar-refractivity contribution in [2.24, 2.45) is 0 Å². The Morgan fingerprint density at radius 2 is 2.08 bits per heavy atom. The van der Waals surface area contributed by atoms with Gasteiger partial charge in [0.05, 0.1) is 0 Å². The van der Waals surface area contributed by atoms with Crippen LogP contribution in [0.15, 0.2) is 30.6 Å². The third-order valence-corrected chi connectivity index (χ3v) is 1.15. The van der Waals surface area contributed by atoms with Gasteiger partial charge in [-0.3, -0.25) is 4.98 Å². The number of halogens is 3. The molecule has 0 amide bonds. The summed E-state index contributed by atoms with van der Waals surface area (Å²) in [7, 11) is 0. The molecular weight excluding hydrogens is 167 g/mol. The Morgan fingerprint density at radius 1 is 1.33 bits per heavy atom. The highest BCUT2D eigenvalue weighted by atomic mass is 19.4. The van der Waals surface area contributed by atoms with Gasteiger partial charge in [0.2, 0.25) is 0 Å². The van der Waals surface area contributed by atoms with Gasteiger partial charge >= 0.3 is 6.18 Å². The standard InChI is InChI=1S/C8H6F3N/c9-8(10,11)4-3-7-2-1-5-12-6-7/h1-6H. The first kappa shape index (κ1) is 8.77. The Morgan fingerprint density at radius 3 is 2.58 bits per heavy atom. The molecule has 0 aliphatic heterocycles. The first-order chi connectivity index (χ1) is 5.58. The molecule has 1 nitrogen and oxygen atoms in total. The van der Waals surface area contributed by atoms with E-state index in [-0.39, 0.29) is 6.08 Å². The zero-order valence-electron chi connectivity index (χ0n) is 6.05. The lowest BCUT2D eigenvalue weighted by molar-refractivity contribution is -0.0790. The summed E-state index contributed by atoms with van der Waals surface area (Å²) >= 11 is 0. The summed E-state index contributed by atoms with van der Waals surface area (Å²) in [5, 5.41) is 0. The normalized spacial score (nSPS) is 12.2. The fourth-order valence-electron chi connectivity index (χ4n) is 0.665. The van der Waals surface area contributed by atoms with Crippen LogP contribution in [0, 0.1) is 0 Å². The molecule has 1 rings (SSSR count). The average molecular weight is 173 g/mol. The molecule has 64 valence electrons. The van der Waals surface area contributed by atoms with Gasteiger partial charge in [-0.1, -0.05) is 6.07 Å². The third-order valence-electron chi connectivity index (χ3n) is 1.15. The number of hydrogen-bond acceptors (Lipinski definition) is 1. The highest BCUT2D eigenvalue weighted by Gasteiger charge is 2.21. The van der Waals surface area contributed by atoms with Gasteiger partial charge in [-0.15, -0.1) is 0 Å². The molecule has 0 fully saturated rings. The predicted molar refractivity (Wildman–Crippen MR) is 39.3 cm³/mol. The van der Waals surface area contributed by atoms with Crippen LogP contribution in [0.2, 0.25) is 0 Å². The summed E-state index contributed by atoms with van der Waals surface area (Å²) in [4.78, 5) is 3.67. The molecule has 0 unspecified atom stereocenters. The molecule has 0 spiro atoms.